The minimum atomic E-state index is -0.188. The lowest BCUT2D eigenvalue weighted by molar-refractivity contribution is 0.0949. The molecule has 3 aromatic rings. The zero-order valence-corrected chi connectivity index (χ0v) is 14.4. The minimum absolute atomic E-state index is 0.165. The molecule has 0 spiro atoms. The number of benzene rings is 2. The number of aromatic nitrogens is 1. The van der Waals surface area contributed by atoms with E-state index in [-0.39, 0.29) is 11.8 Å². The van der Waals surface area contributed by atoms with E-state index in [1.54, 1.807) is 30.5 Å². The summed E-state index contributed by atoms with van der Waals surface area (Å²) >= 11 is 0. The van der Waals surface area contributed by atoms with Crippen molar-refractivity contribution in [2.75, 3.05) is 5.32 Å². The normalized spacial score (nSPS) is 10.2. The predicted molar refractivity (Wildman–Crippen MR) is 101 cm³/mol. The molecule has 0 aliphatic rings. The van der Waals surface area contributed by atoms with Crippen LogP contribution in [0.5, 0.6) is 0 Å². The number of nitrogens with one attached hydrogen (secondary N) is 2. The summed E-state index contributed by atoms with van der Waals surface area (Å²) in [4.78, 5) is 28.3. The fraction of sp³-hybridized carbons (Fsp3) is 0.0952. The number of aryl methyl sites for hydroxylation is 1. The molecule has 26 heavy (non-hydrogen) atoms. The molecule has 130 valence electrons. The van der Waals surface area contributed by atoms with Crippen LogP contribution in [0, 0.1) is 6.92 Å². The lowest BCUT2D eigenvalue weighted by atomic mass is 10.1. The third-order valence-corrected chi connectivity index (χ3v) is 3.88. The quantitative estimate of drug-likeness (QED) is 0.742. The van der Waals surface area contributed by atoms with Crippen LogP contribution in [0.1, 0.15) is 31.8 Å². The van der Waals surface area contributed by atoms with Gasteiger partial charge in [0.1, 0.15) is 0 Å². The van der Waals surface area contributed by atoms with Crippen LogP contribution in [0.15, 0.2) is 73.1 Å². The number of carbonyl (C=O) groups is 2. The molecular weight excluding hydrogens is 326 g/mol. The SMILES string of the molecule is Cc1ccc(C(=O)Nc2cccc(CNC(=O)c3cccnc3)c2)cc1. The van der Waals surface area contributed by atoms with Gasteiger partial charge in [0.15, 0.2) is 0 Å². The first-order chi connectivity index (χ1) is 12.6. The maximum Gasteiger partial charge on any atom is 0.255 e. The van der Waals surface area contributed by atoms with Gasteiger partial charge in [-0.1, -0.05) is 29.8 Å². The number of pyridine rings is 1. The Labute approximate surface area is 152 Å². The molecule has 2 aromatic carbocycles. The van der Waals surface area contributed by atoms with Gasteiger partial charge < -0.3 is 10.6 Å². The fourth-order valence-electron chi connectivity index (χ4n) is 2.45. The van der Waals surface area contributed by atoms with Crippen LogP contribution in [-0.4, -0.2) is 16.8 Å². The second kappa shape index (κ2) is 8.07. The molecule has 1 heterocycles. The van der Waals surface area contributed by atoms with Crippen molar-refractivity contribution in [1.29, 1.82) is 0 Å². The van der Waals surface area contributed by atoms with Crippen molar-refractivity contribution in [3.05, 3.63) is 95.3 Å². The van der Waals surface area contributed by atoms with Crippen LogP contribution in [0.2, 0.25) is 0 Å². The summed E-state index contributed by atoms with van der Waals surface area (Å²) in [6.45, 7) is 2.34. The zero-order valence-electron chi connectivity index (χ0n) is 14.4. The highest BCUT2D eigenvalue weighted by Gasteiger charge is 2.07. The summed E-state index contributed by atoms with van der Waals surface area (Å²) in [6.07, 6.45) is 3.14. The van der Waals surface area contributed by atoms with Crippen LogP contribution in [0.3, 0.4) is 0 Å². The minimum Gasteiger partial charge on any atom is -0.348 e. The van der Waals surface area contributed by atoms with Crippen molar-refractivity contribution in [2.24, 2.45) is 0 Å². The van der Waals surface area contributed by atoms with E-state index in [0.717, 1.165) is 11.1 Å². The lowest BCUT2D eigenvalue weighted by Gasteiger charge is -2.09. The van der Waals surface area contributed by atoms with Crippen molar-refractivity contribution in [2.45, 2.75) is 13.5 Å². The summed E-state index contributed by atoms with van der Waals surface area (Å²) in [5, 5.41) is 5.72. The summed E-state index contributed by atoms with van der Waals surface area (Å²) < 4.78 is 0. The van der Waals surface area contributed by atoms with Gasteiger partial charge in [0, 0.05) is 30.2 Å². The summed E-state index contributed by atoms with van der Waals surface area (Å²) in [6, 6.07) is 18.2. The molecule has 0 atom stereocenters. The average molecular weight is 345 g/mol. The molecule has 0 saturated heterocycles. The number of carbonyl (C=O) groups excluding carboxylic acids is 2. The van der Waals surface area contributed by atoms with Crippen molar-refractivity contribution < 1.29 is 9.59 Å². The molecule has 0 aliphatic heterocycles. The van der Waals surface area contributed by atoms with Gasteiger partial charge in [0.05, 0.1) is 5.56 Å². The van der Waals surface area contributed by atoms with Gasteiger partial charge in [-0.3, -0.25) is 14.6 Å². The number of hydrogen-bond donors (Lipinski definition) is 2. The Hall–Kier alpha value is -3.47. The number of nitrogens with zero attached hydrogens (tertiary/aromatic N) is 1. The first-order valence-corrected chi connectivity index (χ1v) is 8.27. The smallest absolute Gasteiger partial charge is 0.255 e. The summed E-state index contributed by atoms with van der Waals surface area (Å²) in [7, 11) is 0. The van der Waals surface area contributed by atoms with E-state index in [4.69, 9.17) is 0 Å². The summed E-state index contributed by atoms with van der Waals surface area (Å²) in [5.74, 6) is -0.353. The highest BCUT2D eigenvalue weighted by molar-refractivity contribution is 6.04. The van der Waals surface area contributed by atoms with Crippen LogP contribution in [0.4, 0.5) is 5.69 Å². The molecule has 0 bridgehead atoms. The summed E-state index contributed by atoms with van der Waals surface area (Å²) in [5.41, 5.74) is 3.79. The third-order valence-electron chi connectivity index (χ3n) is 3.88. The van der Waals surface area contributed by atoms with Crippen molar-refractivity contribution >= 4 is 17.5 Å². The standard InChI is InChI=1S/C21H19N3O2/c1-15-7-9-17(10-8-15)21(26)24-19-6-2-4-16(12-19)13-23-20(25)18-5-3-11-22-14-18/h2-12,14H,13H2,1H3,(H,23,25)(H,24,26). The predicted octanol–water partition coefficient (Wildman–Crippen LogP) is 3.57. The van der Waals surface area contributed by atoms with Crippen LogP contribution >= 0.6 is 0 Å². The molecule has 5 nitrogen and oxygen atoms in total. The Kier molecular flexibility index (Phi) is 5.39. The Bertz CT molecular complexity index is 906. The maximum atomic E-state index is 12.3. The maximum absolute atomic E-state index is 12.3. The topological polar surface area (TPSA) is 71.1 Å². The van der Waals surface area contributed by atoms with Gasteiger partial charge in [-0.05, 0) is 48.9 Å². The molecule has 2 amide bonds. The highest BCUT2D eigenvalue weighted by atomic mass is 16.2. The molecular formula is C21H19N3O2. The zero-order chi connectivity index (χ0) is 18.4. The van der Waals surface area contributed by atoms with E-state index < -0.39 is 0 Å². The van der Waals surface area contributed by atoms with E-state index >= 15 is 0 Å². The van der Waals surface area contributed by atoms with E-state index in [0.29, 0.717) is 23.4 Å². The Balaban J connectivity index is 1.62. The number of anilines is 1. The number of hydrogen-bond acceptors (Lipinski definition) is 3. The van der Waals surface area contributed by atoms with Crippen molar-refractivity contribution in [3.63, 3.8) is 0 Å². The van der Waals surface area contributed by atoms with Gasteiger partial charge in [-0.2, -0.15) is 0 Å². The molecule has 0 fully saturated rings. The van der Waals surface area contributed by atoms with Crippen molar-refractivity contribution in [3.8, 4) is 0 Å². The van der Waals surface area contributed by atoms with Crippen LogP contribution in [0.25, 0.3) is 0 Å². The first-order valence-electron chi connectivity index (χ1n) is 8.27. The second-order valence-corrected chi connectivity index (χ2v) is 5.94. The Morgan fingerprint density at radius 2 is 1.73 bits per heavy atom. The average Bonchev–Trinajstić information content (AvgIpc) is 2.67. The van der Waals surface area contributed by atoms with E-state index in [9.17, 15) is 9.59 Å². The molecule has 0 aliphatic carbocycles. The molecule has 5 heteroatoms. The first kappa shape index (κ1) is 17.4. The fourth-order valence-corrected chi connectivity index (χ4v) is 2.45. The monoisotopic (exact) mass is 345 g/mol. The van der Waals surface area contributed by atoms with E-state index in [2.05, 4.69) is 15.6 Å². The molecule has 3 rings (SSSR count). The number of amides is 2. The molecule has 1 aromatic heterocycles. The largest absolute Gasteiger partial charge is 0.348 e. The van der Waals surface area contributed by atoms with E-state index in [1.807, 2.05) is 43.3 Å². The molecule has 0 radical (unpaired) electrons. The van der Waals surface area contributed by atoms with Gasteiger partial charge >= 0.3 is 0 Å². The number of rotatable bonds is 5. The van der Waals surface area contributed by atoms with Crippen molar-refractivity contribution in [1.82, 2.24) is 10.3 Å². The van der Waals surface area contributed by atoms with Crippen LogP contribution < -0.4 is 10.6 Å². The lowest BCUT2D eigenvalue weighted by Crippen LogP contribution is -2.23. The van der Waals surface area contributed by atoms with Crippen LogP contribution in [-0.2, 0) is 6.54 Å². The Morgan fingerprint density at radius 3 is 2.46 bits per heavy atom. The molecule has 0 unspecified atom stereocenters. The van der Waals surface area contributed by atoms with Gasteiger partial charge in [-0.15, -0.1) is 0 Å². The van der Waals surface area contributed by atoms with Gasteiger partial charge in [0.2, 0.25) is 0 Å². The van der Waals surface area contributed by atoms with Gasteiger partial charge in [-0.25, -0.2) is 0 Å². The second-order valence-electron chi connectivity index (χ2n) is 5.94. The Morgan fingerprint density at radius 1 is 0.923 bits per heavy atom. The van der Waals surface area contributed by atoms with Gasteiger partial charge in [0.25, 0.3) is 11.8 Å². The van der Waals surface area contributed by atoms with E-state index in [1.165, 1.54) is 6.20 Å². The molecule has 2 N–H and O–H groups in total. The molecule has 0 saturated carbocycles. The third kappa shape index (κ3) is 4.54. The highest BCUT2D eigenvalue weighted by Crippen LogP contribution is 2.13.